The number of rotatable bonds is 5. The summed E-state index contributed by atoms with van der Waals surface area (Å²) in [6.07, 6.45) is 7.22. The lowest BCUT2D eigenvalue weighted by Crippen LogP contribution is -2.44. The number of carbonyl (C=O) groups is 1. The molecule has 0 radical (unpaired) electrons. The number of fused-ring (bicyclic) bond motifs is 1. The zero-order valence-corrected chi connectivity index (χ0v) is 19.2. The molecule has 0 N–H and O–H groups in total. The van der Waals surface area contributed by atoms with Gasteiger partial charge in [-0.25, -0.2) is 9.78 Å². The monoisotopic (exact) mass is 437 g/mol. The lowest BCUT2D eigenvalue weighted by Gasteiger charge is -2.34. The Morgan fingerprint density at radius 2 is 2.16 bits per heavy atom. The fraction of sp³-hybridized carbons (Fsp3) is 0.500. The van der Waals surface area contributed by atoms with Crippen LogP contribution in [0.5, 0.6) is 5.88 Å². The highest BCUT2D eigenvalue weighted by Crippen LogP contribution is 2.29. The van der Waals surface area contributed by atoms with Gasteiger partial charge in [0.05, 0.1) is 29.4 Å². The highest BCUT2D eigenvalue weighted by Gasteiger charge is 2.28. The lowest BCUT2D eigenvalue weighted by molar-refractivity contribution is 0.0138. The van der Waals surface area contributed by atoms with E-state index in [1.54, 1.807) is 11.1 Å². The molecule has 0 aromatic carbocycles. The molecule has 8 heteroatoms. The van der Waals surface area contributed by atoms with Crippen molar-refractivity contribution in [3.63, 3.8) is 0 Å². The highest BCUT2D eigenvalue weighted by molar-refractivity contribution is 5.86. The number of aryl methyl sites for hydroxylation is 1. The van der Waals surface area contributed by atoms with Crippen molar-refractivity contribution in [1.29, 1.82) is 0 Å². The first-order chi connectivity index (χ1) is 15.3. The molecule has 170 valence electrons. The van der Waals surface area contributed by atoms with Crippen LogP contribution in [-0.2, 0) is 11.3 Å². The quantitative estimate of drug-likeness (QED) is 0.583. The number of carbonyl (C=O) groups excluding carboxylic acids is 1. The number of nitrogens with zero attached hydrogens (tertiary/aromatic N) is 5. The minimum Gasteiger partial charge on any atom is -0.477 e. The van der Waals surface area contributed by atoms with E-state index in [0.29, 0.717) is 25.6 Å². The number of amides is 1. The number of ether oxygens (including phenoxy) is 2. The van der Waals surface area contributed by atoms with Crippen LogP contribution in [0.4, 0.5) is 4.79 Å². The average Bonchev–Trinajstić information content (AvgIpc) is 3.26. The lowest BCUT2D eigenvalue weighted by atomic mass is 9.99. The van der Waals surface area contributed by atoms with Crippen LogP contribution in [0.1, 0.15) is 40.5 Å². The molecule has 1 atom stereocenters. The number of piperidine rings is 1. The van der Waals surface area contributed by atoms with Crippen LogP contribution >= 0.6 is 0 Å². The summed E-state index contributed by atoms with van der Waals surface area (Å²) in [6.45, 7) is 10.3. The number of hydrogen-bond acceptors (Lipinski definition) is 6. The van der Waals surface area contributed by atoms with Crippen LogP contribution < -0.4 is 4.74 Å². The van der Waals surface area contributed by atoms with E-state index >= 15 is 0 Å². The molecule has 8 nitrogen and oxygen atoms in total. The third-order valence-electron chi connectivity index (χ3n) is 5.44. The normalized spacial score (nSPS) is 16.9. The van der Waals surface area contributed by atoms with Gasteiger partial charge in [-0.05, 0) is 58.7 Å². The molecule has 3 aromatic rings. The fourth-order valence-corrected chi connectivity index (χ4v) is 3.86. The van der Waals surface area contributed by atoms with Gasteiger partial charge in [-0.2, -0.15) is 5.10 Å². The first-order valence-corrected chi connectivity index (χ1v) is 11.2. The van der Waals surface area contributed by atoms with Gasteiger partial charge in [0.1, 0.15) is 5.60 Å². The van der Waals surface area contributed by atoms with Gasteiger partial charge in [0.2, 0.25) is 5.88 Å². The topological polar surface area (TPSA) is 82.4 Å². The standard InChI is InChI=1S/C24H31N5O3/c1-5-29-15-18(13-26-29)20-12-21-19(9-6-10-25-21)22(27-20)31-16-17-8-7-11-28(14-17)23(30)32-24(2,3)4/h6,9-10,12-13,15,17H,5,7-8,11,14,16H2,1-4H3. The summed E-state index contributed by atoms with van der Waals surface area (Å²) in [4.78, 5) is 23.5. The molecule has 1 amide bonds. The van der Waals surface area contributed by atoms with Crippen molar-refractivity contribution < 1.29 is 14.3 Å². The maximum absolute atomic E-state index is 12.5. The average molecular weight is 438 g/mol. The van der Waals surface area contributed by atoms with Crippen LogP contribution in [0.3, 0.4) is 0 Å². The van der Waals surface area contributed by atoms with Gasteiger partial charge in [-0.1, -0.05) is 0 Å². The third-order valence-corrected chi connectivity index (χ3v) is 5.44. The number of likely N-dealkylation sites (tertiary alicyclic amines) is 1. The summed E-state index contributed by atoms with van der Waals surface area (Å²) in [6, 6.07) is 5.82. The number of hydrogen-bond donors (Lipinski definition) is 0. The Balaban J connectivity index is 1.50. The highest BCUT2D eigenvalue weighted by atomic mass is 16.6. The smallest absolute Gasteiger partial charge is 0.410 e. The van der Waals surface area contributed by atoms with Gasteiger partial charge < -0.3 is 14.4 Å². The summed E-state index contributed by atoms with van der Waals surface area (Å²) >= 11 is 0. The van der Waals surface area contributed by atoms with Crippen molar-refractivity contribution in [3.05, 3.63) is 36.8 Å². The van der Waals surface area contributed by atoms with Gasteiger partial charge in [0, 0.05) is 43.5 Å². The van der Waals surface area contributed by atoms with Crippen molar-refractivity contribution in [1.82, 2.24) is 24.6 Å². The Kier molecular flexibility index (Phi) is 6.30. The van der Waals surface area contributed by atoms with Crippen LogP contribution in [0.25, 0.3) is 22.2 Å². The van der Waals surface area contributed by atoms with E-state index in [-0.39, 0.29) is 12.0 Å². The minimum absolute atomic E-state index is 0.219. The van der Waals surface area contributed by atoms with Crippen molar-refractivity contribution in [3.8, 4) is 17.1 Å². The first-order valence-electron chi connectivity index (χ1n) is 11.2. The Morgan fingerprint density at radius 1 is 1.31 bits per heavy atom. The maximum atomic E-state index is 12.5. The van der Waals surface area contributed by atoms with Crippen LogP contribution in [0.15, 0.2) is 36.8 Å². The van der Waals surface area contributed by atoms with Crippen molar-refractivity contribution in [2.24, 2.45) is 5.92 Å². The zero-order valence-electron chi connectivity index (χ0n) is 19.2. The fourth-order valence-electron chi connectivity index (χ4n) is 3.86. The molecule has 32 heavy (non-hydrogen) atoms. The molecule has 4 heterocycles. The first kappa shape index (κ1) is 22.0. The SMILES string of the molecule is CCn1cc(-c2cc3ncccc3c(OCC3CCCN(C(=O)OC(C)(C)C)C3)n2)cn1. The van der Waals surface area contributed by atoms with E-state index in [1.165, 1.54) is 0 Å². The summed E-state index contributed by atoms with van der Waals surface area (Å²) < 4.78 is 13.6. The summed E-state index contributed by atoms with van der Waals surface area (Å²) in [7, 11) is 0. The molecule has 3 aromatic heterocycles. The Labute approximate surface area is 188 Å². The molecular weight excluding hydrogens is 406 g/mol. The summed E-state index contributed by atoms with van der Waals surface area (Å²) in [5.74, 6) is 0.778. The second-order valence-electron chi connectivity index (χ2n) is 9.21. The third kappa shape index (κ3) is 5.18. The molecular formula is C24H31N5O3. The van der Waals surface area contributed by atoms with Crippen molar-refractivity contribution in [2.45, 2.75) is 52.7 Å². The largest absolute Gasteiger partial charge is 0.477 e. The van der Waals surface area contributed by atoms with Crippen LogP contribution in [0.2, 0.25) is 0 Å². The molecule has 0 saturated carbocycles. The molecule has 0 aliphatic carbocycles. The molecule has 4 rings (SSSR count). The maximum Gasteiger partial charge on any atom is 0.410 e. The Bertz CT molecular complexity index is 1090. The van der Waals surface area contributed by atoms with E-state index in [9.17, 15) is 4.79 Å². The molecule has 1 fully saturated rings. The number of aromatic nitrogens is 4. The predicted octanol–water partition coefficient (Wildman–Crippen LogP) is 4.54. The molecule has 1 aliphatic heterocycles. The van der Waals surface area contributed by atoms with E-state index < -0.39 is 5.60 Å². The molecule has 1 saturated heterocycles. The minimum atomic E-state index is -0.498. The van der Waals surface area contributed by atoms with E-state index in [4.69, 9.17) is 14.5 Å². The Morgan fingerprint density at radius 3 is 2.91 bits per heavy atom. The number of pyridine rings is 2. The van der Waals surface area contributed by atoms with Crippen molar-refractivity contribution >= 4 is 17.0 Å². The van der Waals surface area contributed by atoms with E-state index in [0.717, 1.165) is 41.5 Å². The van der Waals surface area contributed by atoms with Gasteiger partial charge in [-0.15, -0.1) is 0 Å². The van der Waals surface area contributed by atoms with Gasteiger partial charge in [-0.3, -0.25) is 9.67 Å². The Hall–Kier alpha value is -3.16. The summed E-state index contributed by atoms with van der Waals surface area (Å²) in [5, 5.41) is 5.23. The molecule has 1 unspecified atom stereocenters. The summed E-state index contributed by atoms with van der Waals surface area (Å²) in [5.41, 5.74) is 2.04. The van der Waals surface area contributed by atoms with Gasteiger partial charge in [0.15, 0.2) is 0 Å². The second kappa shape index (κ2) is 9.14. The zero-order chi connectivity index (χ0) is 22.7. The van der Waals surface area contributed by atoms with Gasteiger partial charge >= 0.3 is 6.09 Å². The van der Waals surface area contributed by atoms with Crippen LogP contribution in [-0.4, -0.2) is 56.0 Å². The van der Waals surface area contributed by atoms with Gasteiger partial charge in [0.25, 0.3) is 0 Å². The predicted molar refractivity (Wildman–Crippen MR) is 122 cm³/mol. The van der Waals surface area contributed by atoms with E-state index in [2.05, 4.69) is 10.1 Å². The molecule has 0 bridgehead atoms. The van der Waals surface area contributed by atoms with E-state index in [1.807, 2.05) is 63.0 Å². The molecule has 0 spiro atoms. The van der Waals surface area contributed by atoms with Crippen molar-refractivity contribution in [2.75, 3.05) is 19.7 Å². The molecule has 1 aliphatic rings. The van der Waals surface area contributed by atoms with Crippen LogP contribution in [0, 0.1) is 5.92 Å². The second-order valence-corrected chi connectivity index (χ2v) is 9.21.